The van der Waals surface area contributed by atoms with Gasteiger partial charge in [0.25, 0.3) is 10.0 Å². The van der Waals surface area contributed by atoms with E-state index in [4.69, 9.17) is 0 Å². The Hall–Kier alpha value is -2.06. The summed E-state index contributed by atoms with van der Waals surface area (Å²) in [6.07, 6.45) is 0.600. The lowest BCUT2D eigenvalue weighted by Crippen LogP contribution is -2.25. The van der Waals surface area contributed by atoms with Crippen molar-refractivity contribution in [3.8, 4) is 0 Å². The zero-order valence-electron chi connectivity index (χ0n) is 15.0. The Kier molecular flexibility index (Phi) is 4.74. The lowest BCUT2D eigenvalue weighted by molar-refractivity contribution is 0.598. The lowest BCUT2D eigenvalue weighted by Gasteiger charge is -2.18. The fourth-order valence-corrected chi connectivity index (χ4v) is 6.50. The number of hydrogen-bond donors (Lipinski definition) is 1. The zero-order chi connectivity index (χ0) is 19.1. The maximum atomic E-state index is 12.8. The number of nitrogens with zero attached hydrogens (tertiary/aromatic N) is 1. The summed E-state index contributed by atoms with van der Waals surface area (Å²) in [6.45, 7) is 5.93. The molecule has 0 bridgehead atoms. The number of hydrogen-bond acceptors (Lipinski definition) is 4. The van der Waals surface area contributed by atoms with Crippen molar-refractivity contribution in [3.63, 3.8) is 0 Å². The molecule has 1 aliphatic rings. The summed E-state index contributed by atoms with van der Waals surface area (Å²) in [5.41, 5.74) is 3.33. The van der Waals surface area contributed by atoms with Gasteiger partial charge in [-0.05, 0) is 62.6 Å². The first-order valence-electron chi connectivity index (χ1n) is 8.31. The Bertz CT molecular complexity index is 1020. The molecular weight excluding hydrogens is 372 g/mol. The van der Waals surface area contributed by atoms with Crippen LogP contribution in [0.2, 0.25) is 0 Å². The first-order chi connectivity index (χ1) is 12.1. The van der Waals surface area contributed by atoms with Crippen molar-refractivity contribution >= 4 is 31.4 Å². The maximum Gasteiger partial charge on any atom is 0.262 e. The molecule has 26 heavy (non-hydrogen) atoms. The van der Waals surface area contributed by atoms with Gasteiger partial charge in [-0.3, -0.25) is 9.03 Å². The molecule has 0 spiro atoms. The highest BCUT2D eigenvalue weighted by Crippen LogP contribution is 2.28. The van der Waals surface area contributed by atoms with E-state index in [1.54, 1.807) is 38.1 Å². The van der Waals surface area contributed by atoms with Gasteiger partial charge in [0.05, 0.1) is 16.3 Å². The Morgan fingerprint density at radius 1 is 1.00 bits per heavy atom. The van der Waals surface area contributed by atoms with Crippen LogP contribution in [0.3, 0.4) is 0 Å². The van der Waals surface area contributed by atoms with Gasteiger partial charge in [0.2, 0.25) is 10.0 Å². The average molecular weight is 395 g/mol. The number of anilines is 2. The number of aryl methyl sites for hydroxylation is 3. The molecule has 0 aliphatic carbocycles. The van der Waals surface area contributed by atoms with E-state index in [1.165, 1.54) is 4.31 Å². The molecule has 2 aromatic rings. The first-order valence-corrected chi connectivity index (χ1v) is 11.4. The van der Waals surface area contributed by atoms with Crippen LogP contribution in [-0.2, 0) is 20.0 Å². The molecule has 0 amide bonds. The van der Waals surface area contributed by atoms with E-state index in [-0.39, 0.29) is 10.6 Å². The van der Waals surface area contributed by atoms with E-state index in [9.17, 15) is 16.8 Å². The second kappa shape index (κ2) is 6.59. The Balaban J connectivity index is 1.87. The van der Waals surface area contributed by atoms with Crippen molar-refractivity contribution in [2.45, 2.75) is 32.1 Å². The third-order valence-corrected chi connectivity index (χ3v) is 7.94. The van der Waals surface area contributed by atoms with Crippen LogP contribution in [0.25, 0.3) is 0 Å². The van der Waals surface area contributed by atoms with Crippen molar-refractivity contribution in [2.75, 3.05) is 21.3 Å². The van der Waals surface area contributed by atoms with Gasteiger partial charge < -0.3 is 0 Å². The van der Waals surface area contributed by atoms with Gasteiger partial charge in [0.15, 0.2) is 0 Å². The second-order valence-electron chi connectivity index (χ2n) is 6.62. The molecule has 0 unspecified atom stereocenters. The smallest absolute Gasteiger partial charge is 0.262 e. The van der Waals surface area contributed by atoms with E-state index >= 15 is 0 Å². The molecule has 3 rings (SSSR count). The Morgan fingerprint density at radius 3 is 2.08 bits per heavy atom. The summed E-state index contributed by atoms with van der Waals surface area (Å²) >= 11 is 0. The van der Waals surface area contributed by atoms with Crippen molar-refractivity contribution in [3.05, 3.63) is 53.1 Å². The van der Waals surface area contributed by atoms with Gasteiger partial charge in [-0.25, -0.2) is 16.8 Å². The molecule has 1 N–H and O–H groups in total. The van der Waals surface area contributed by atoms with E-state index in [0.29, 0.717) is 35.5 Å². The van der Waals surface area contributed by atoms with E-state index in [0.717, 1.165) is 5.56 Å². The molecule has 0 atom stereocenters. The molecule has 1 fully saturated rings. The summed E-state index contributed by atoms with van der Waals surface area (Å²) < 4.78 is 53.5. The van der Waals surface area contributed by atoms with Crippen molar-refractivity contribution in [1.29, 1.82) is 0 Å². The average Bonchev–Trinajstić information content (AvgIpc) is 2.85. The third-order valence-electron chi connectivity index (χ3n) is 4.38. The number of rotatable bonds is 4. The zero-order valence-corrected chi connectivity index (χ0v) is 16.6. The predicted molar refractivity (Wildman–Crippen MR) is 104 cm³/mol. The molecule has 140 valence electrons. The largest absolute Gasteiger partial charge is 0.280 e. The molecule has 2 aromatic carbocycles. The minimum absolute atomic E-state index is 0.146. The molecular formula is C18H22N2O4S2. The minimum Gasteiger partial charge on any atom is -0.280 e. The van der Waals surface area contributed by atoms with Gasteiger partial charge >= 0.3 is 0 Å². The van der Waals surface area contributed by atoms with Gasteiger partial charge in [-0.2, -0.15) is 0 Å². The topological polar surface area (TPSA) is 83.6 Å². The van der Waals surface area contributed by atoms with Crippen LogP contribution in [0.4, 0.5) is 11.4 Å². The Morgan fingerprint density at radius 2 is 1.58 bits per heavy atom. The molecule has 1 aliphatic heterocycles. The lowest BCUT2D eigenvalue weighted by atomic mass is 10.1. The number of sulfonamides is 2. The standard InChI is InChI=1S/C18H22N2O4S2/c1-13-11-14(2)18(15(3)12-13)26(23,24)19-16-5-7-17(8-6-16)20-9-4-10-25(20,21)22/h5-8,11-12,19H,4,9-10H2,1-3H3. The SMILES string of the molecule is Cc1cc(C)c(S(=O)(=O)Nc2ccc(N3CCCS3(=O)=O)cc2)c(C)c1. The van der Waals surface area contributed by atoms with Gasteiger partial charge in [0, 0.05) is 12.2 Å². The highest BCUT2D eigenvalue weighted by Gasteiger charge is 2.28. The van der Waals surface area contributed by atoms with Crippen LogP contribution in [-0.4, -0.2) is 29.1 Å². The molecule has 1 saturated heterocycles. The van der Waals surface area contributed by atoms with Crippen molar-refractivity contribution in [1.82, 2.24) is 0 Å². The molecule has 6 nitrogen and oxygen atoms in total. The fourth-order valence-electron chi connectivity index (χ4n) is 3.42. The monoisotopic (exact) mass is 394 g/mol. The van der Waals surface area contributed by atoms with E-state index < -0.39 is 20.0 Å². The van der Waals surface area contributed by atoms with Crippen LogP contribution in [0.1, 0.15) is 23.1 Å². The summed E-state index contributed by atoms with van der Waals surface area (Å²) in [5, 5.41) is 0. The quantitative estimate of drug-likeness (QED) is 0.864. The van der Waals surface area contributed by atoms with Gasteiger partial charge in [-0.1, -0.05) is 17.7 Å². The van der Waals surface area contributed by atoms with Gasteiger partial charge in [-0.15, -0.1) is 0 Å². The van der Waals surface area contributed by atoms with E-state index in [2.05, 4.69) is 4.72 Å². The van der Waals surface area contributed by atoms with Crippen LogP contribution in [0.15, 0.2) is 41.3 Å². The predicted octanol–water partition coefficient (Wildman–Crippen LogP) is 2.95. The van der Waals surface area contributed by atoms with E-state index in [1.807, 2.05) is 19.1 Å². The second-order valence-corrected chi connectivity index (χ2v) is 10.3. The summed E-state index contributed by atoms with van der Waals surface area (Å²) in [4.78, 5) is 0.272. The Labute approximate surface area is 155 Å². The van der Waals surface area contributed by atoms with Crippen LogP contribution >= 0.6 is 0 Å². The molecule has 8 heteroatoms. The molecule has 0 aromatic heterocycles. The highest BCUT2D eigenvalue weighted by molar-refractivity contribution is 7.93. The third kappa shape index (κ3) is 3.57. The summed E-state index contributed by atoms with van der Waals surface area (Å²) in [6, 6.07) is 10.1. The minimum atomic E-state index is -3.73. The number of nitrogens with one attached hydrogen (secondary N) is 1. The van der Waals surface area contributed by atoms with Crippen molar-refractivity contribution in [2.24, 2.45) is 0 Å². The van der Waals surface area contributed by atoms with Crippen molar-refractivity contribution < 1.29 is 16.8 Å². The number of benzene rings is 2. The summed E-state index contributed by atoms with van der Waals surface area (Å²) in [7, 11) is -6.98. The van der Waals surface area contributed by atoms with Crippen LogP contribution < -0.4 is 9.03 Å². The maximum absolute atomic E-state index is 12.8. The molecule has 1 heterocycles. The van der Waals surface area contributed by atoms with Crippen LogP contribution in [0.5, 0.6) is 0 Å². The molecule has 0 saturated carbocycles. The normalized spacial score (nSPS) is 16.7. The fraction of sp³-hybridized carbons (Fsp3) is 0.333. The highest BCUT2D eigenvalue weighted by atomic mass is 32.2. The van der Waals surface area contributed by atoms with Gasteiger partial charge in [0.1, 0.15) is 0 Å². The molecule has 0 radical (unpaired) electrons. The summed E-state index contributed by atoms with van der Waals surface area (Å²) in [5.74, 6) is 0.146. The first kappa shape index (κ1) is 18.7. The van der Waals surface area contributed by atoms with Crippen LogP contribution in [0, 0.1) is 20.8 Å².